The summed E-state index contributed by atoms with van der Waals surface area (Å²) in [5.74, 6) is 0.687. The smallest absolute Gasteiger partial charge is 0.348 e. The van der Waals surface area contributed by atoms with Gasteiger partial charge in [0.05, 0.1) is 13.1 Å². The Morgan fingerprint density at radius 1 is 1.03 bits per heavy atom. The van der Waals surface area contributed by atoms with Crippen LogP contribution >= 0.6 is 22.7 Å². The Balaban J connectivity index is 1.28. The number of piperidine rings is 3. The van der Waals surface area contributed by atoms with Crippen LogP contribution in [0.25, 0.3) is 0 Å². The lowest BCUT2D eigenvalue weighted by Crippen LogP contribution is -2.65. The van der Waals surface area contributed by atoms with E-state index in [4.69, 9.17) is 9.47 Å². The minimum Gasteiger partial charge on any atom is -0.488 e. The maximum Gasteiger partial charge on any atom is 0.348 e. The van der Waals surface area contributed by atoms with E-state index in [2.05, 4.69) is 0 Å². The molecular weight excluding hydrogens is 442 g/mol. The monoisotopic (exact) mass is 470 g/mol. The highest BCUT2D eigenvalue weighted by atomic mass is 32.1. The minimum absolute atomic E-state index is 0.175. The molecule has 32 heavy (non-hydrogen) atoms. The zero-order valence-corrected chi connectivity index (χ0v) is 19.5. The van der Waals surface area contributed by atoms with Gasteiger partial charge in [-0.05, 0) is 45.8 Å². The van der Waals surface area contributed by atoms with Gasteiger partial charge in [0.25, 0.3) is 0 Å². The fourth-order valence-electron chi connectivity index (χ4n) is 5.11. The average molecular weight is 471 g/mol. The van der Waals surface area contributed by atoms with Gasteiger partial charge >= 0.3 is 5.97 Å². The number of quaternary nitrogens is 1. The number of thiophene rings is 2. The van der Waals surface area contributed by atoms with Crippen LogP contribution in [-0.4, -0.2) is 54.4 Å². The number of esters is 1. The summed E-state index contributed by atoms with van der Waals surface area (Å²) in [6.07, 6.45) is 1.91. The SMILES string of the molecule is O=C(O[C@H]1C[N+]2(CCOc3ccccc3)CCC1CC2)C(O)(c1ccsc1)c1ccsc1. The first kappa shape index (κ1) is 21.6. The molecule has 0 unspecified atom stereocenters. The Morgan fingerprint density at radius 2 is 1.69 bits per heavy atom. The summed E-state index contributed by atoms with van der Waals surface area (Å²) in [5.41, 5.74) is -0.604. The molecule has 2 aromatic heterocycles. The topological polar surface area (TPSA) is 55.8 Å². The maximum absolute atomic E-state index is 13.4. The van der Waals surface area contributed by atoms with Crippen LogP contribution in [0.15, 0.2) is 64.0 Å². The number of rotatable bonds is 8. The standard InChI is InChI=1S/C25H28NO4S2/c27-24(25(28,20-8-14-31-17-20)21-9-15-32-18-21)30-23-16-26(10-6-19(23)7-11-26)12-13-29-22-4-2-1-3-5-22/h1-5,8-9,14-15,17-19,23,28H,6-7,10-13,16H2/q+1/t19?,23-,26?/m0/s1. The van der Waals surface area contributed by atoms with E-state index < -0.39 is 11.6 Å². The predicted octanol–water partition coefficient (Wildman–Crippen LogP) is 4.28. The summed E-state index contributed by atoms with van der Waals surface area (Å²) in [5, 5.41) is 18.9. The van der Waals surface area contributed by atoms with Crippen LogP contribution in [0.5, 0.6) is 5.75 Å². The van der Waals surface area contributed by atoms with Crippen LogP contribution in [0.3, 0.4) is 0 Å². The van der Waals surface area contributed by atoms with E-state index >= 15 is 0 Å². The van der Waals surface area contributed by atoms with Gasteiger partial charge in [0, 0.05) is 29.9 Å². The third-order valence-electron chi connectivity index (χ3n) is 7.05. The number of hydrogen-bond acceptors (Lipinski definition) is 6. The summed E-state index contributed by atoms with van der Waals surface area (Å²) in [7, 11) is 0. The van der Waals surface area contributed by atoms with Crippen molar-refractivity contribution >= 4 is 28.6 Å². The molecule has 5 nitrogen and oxygen atoms in total. The molecule has 7 heteroatoms. The molecule has 3 aliphatic heterocycles. The second kappa shape index (κ2) is 8.98. The molecule has 1 aromatic carbocycles. The fourth-order valence-corrected chi connectivity index (χ4v) is 6.51. The van der Waals surface area contributed by atoms with E-state index in [1.54, 1.807) is 12.1 Å². The van der Waals surface area contributed by atoms with Crippen molar-refractivity contribution in [2.24, 2.45) is 5.92 Å². The lowest BCUT2D eigenvalue weighted by atomic mass is 9.83. The van der Waals surface area contributed by atoms with Gasteiger partial charge in [-0.15, -0.1) is 0 Å². The molecule has 0 spiro atoms. The molecule has 0 saturated carbocycles. The highest BCUT2D eigenvalue weighted by molar-refractivity contribution is 7.08. The van der Waals surface area contributed by atoms with Crippen LogP contribution in [0.2, 0.25) is 0 Å². The summed E-state index contributed by atoms with van der Waals surface area (Å²) >= 11 is 2.93. The second-order valence-electron chi connectivity index (χ2n) is 8.87. The number of fused-ring (bicyclic) bond motifs is 3. The third kappa shape index (κ3) is 4.10. The normalized spacial score (nSPS) is 24.9. The molecule has 1 atom stereocenters. The lowest BCUT2D eigenvalue weighted by Gasteiger charge is -2.52. The van der Waals surface area contributed by atoms with Crippen molar-refractivity contribution in [1.29, 1.82) is 0 Å². The average Bonchev–Trinajstić information content (AvgIpc) is 3.55. The van der Waals surface area contributed by atoms with Crippen LogP contribution in [0, 0.1) is 5.92 Å². The number of ether oxygens (including phenoxy) is 2. The summed E-state index contributed by atoms with van der Waals surface area (Å²) < 4.78 is 13.0. The van der Waals surface area contributed by atoms with Gasteiger partial charge in [0.15, 0.2) is 6.10 Å². The fraction of sp³-hybridized carbons (Fsp3) is 0.400. The Morgan fingerprint density at radius 3 is 2.28 bits per heavy atom. The zero-order chi connectivity index (χ0) is 22.0. The van der Waals surface area contributed by atoms with Gasteiger partial charge in [0.2, 0.25) is 5.60 Å². The second-order valence-corrected chi connectivity index (χ2v) is 10.4. The minimum atomic E-state index is -1.76. The molecule has 1 N–H and O–H groups in total. The number of aliphatic hydroxyl groups is 1. The molecule has 0 radical (unpaired) electrons. The molecule has 3 saturated heterocycles. The third-order valence-corrected chi connectivity index (χ3v) is 8.42. The van der Waals surface area contributed by atoms with E-state index in [-0.39, 0.29) is 6.10 Å². The van der Waals surface area contributed by atoms with Gasteiger partial charge in [-0.3, -0.25) is 0 Å². The van der Waals surface area contributed by atoms with Crippen LogP contribution in [-0.2, 0) is 15.1 Å². The molecule has 5 heterocycles. The molecule has 2 bridgehead atoms. The van der Waals surface area contributed by atoms with Crippen molar-refractivity contribution in [3.8, 4) is 5.75 Å². The Bertz CT molecular complexity index is 977. The van der Waals surface area contributed by atoms with Crippen molar-refractivity contribution in [3.05, 3.63) is 75.1 Å². The first-order chi connectivity index (χ1) is 15.6. The van der Waals surface area contributed by atoms with Crippen LogP contribution in [0.4, 0.5) is 0 Å². The molecule has 0 aliphatic carbocycles. The largest absolute Gasteiger partial charge is 0.488 e. The summed E-state index contributed by atoms with van der Waals surface area (Å²) in [6, 6.07) is 13.5. The molecule has 0 amide bonds. The van der Waals surface area contributed by atoms with Crippen molar-refractivity contribution in [3.63, 3.8) is 0 Å². The lowest BCUT2D eigenvalue weighted by molar-refractivity contribution is -0.946. The Labute approximate surface area is 196 Å². The number of carbonyl (C=O) groups excluding carboxylic acids is 1. The molecule has 6 rings (SSSR count). The molecule has 3 aromatic rings. The van der Waals surface area contributed by atoms with Crippen molar-refractivity contribution in [2.45, 2.75) is 24.5 Å². The number of carbonyl (C=O) groups is 1. The number of para-hydroxylation sites is 1. The first-order valence-corrected chi connectivity index (χ1v) is 13.0. The Hall–Kier alpha value is -2.19. The van der Waals surface area contributed by atoms with E-state index in [0.717, 1.165) is 49.3 Å². The highest BCUT2D eigenvalue weighted by Crippen LogP contribution is 2.39. The van der Waals surface area contributed by atoms with E-state index in [1.807, 2.05) is 51.9 Å². The van der Waals surface area contributed by atoms with Gasteiger partial charge < -0.3 is 19.1 Å². The molecule has 168 valence electrons. The van der Waals surface area contributed by atoms with Gasteiger partial charge in [-0.2, -0.15) is 22.7 Å². The summed E-state index contributed by atoms with van der Waals surface area (Å²) in [6.45, 7) is 4.52. The van der Waals surface area contributed by atoms with Crippen molar-refractivity contribution in [1.82, 2.24) is 0 Å². The van der Waals surface area contributed by atoms with Gasteiger partial charge in [-0.1, -0.05) is 18.2 Å². The van der Waals surface area contributed by atoms with Crippen molar-refractivity contribution in [2.75, 3.05) is 32.8 Å². The maximum atomic E-state index is 13.4. The number of benzene rings is 1. The quantitative estimate of drug-likeness (QED) is 0.395. The van der Waals surface area contributed by atoms with Gasteiger partial charge in [0.1, 0.15) is 25.4 Å². The molecule has 3 aliphatic rings. The van der Waals surface area contributed by atoms with E-state index in [9.17, 15) is 9.90 Å². The van der Waals surface area contributed by atoms with Gasteiger partial charge in [-0.25, -0.2) is 4.79 Å². The molecule has 3 fully saturated rings. The number of nitrogens with zero attached hydrogens (tertiary/aromatic N) is 1. The predicted molar refractivity (Wildman–Crippen MR) is 126 cm³/mol. The van der Waals surface area contributed by atoms with Crippen LogP contribution in [0.1, 0.15) is 24.0 Å². The van der Waals surface area contributed by atoms with E-state index in [0.29, 0.717) is 23.7 Å². The Kier molecular flexibility index (Phi) is 6.07. The van der Waals surface area contributed by atoms with E-state index in [1.165, 1.54) is 22.7 Å². The summed E-state index contributed by atoms with van der Waals surface area (Å²) in [4.78, 5) is 13.4. The molecular formula is C25H28NO4S2+. The van der Waals surface area contributed by atoms with Crippen LogP contribution < -0.4 is 4.74 Å². The first-order valence-electron chi connectivity index (χ1n) is 11.1. The number of hydrogen-bond donors (Lipinski definition) is 1. The zero-order valence-electron chi connectivity index (χ0n) is 17.9. The van der Waals surface area contributed by atoms with Crippen molar-refractivity contribution < 1.29 is 23.9 Å². The highest BCUT2D eigenvalue weighted by Gasteiger charge is 2.50.